The van der Waals surface area contributed by atoms with Crippen LogP contribution in [0.15, 0.2) is 18.2 Å². The van der Waals surface area contributed by atoms with E-state index in [4.69, 9.17) is 5.73 Å². The Kier molecular flexibility index (Phi) is 3.55. The van der Waals surface area contributed by atoms with E-state index in [0.717, 1.165) is 29.8 Å². The van der Waals surface area contributed by atoms with Crippen LogP contribution in [0.25, 0.3) is 11.4 Å². The fraction of sp³-hybridized carbons (Fsp3) is 0.500. The lowest BCUT2D eigenvalue weighted by Crippen LogP contribution is -2.28. The largest absolute Gasteiger partial charge is 0.398 e. The smallest absolute Gasteiger partial charge is 0.184 e. The lowest BCUT2D eigenvalue weighted by molar-refractivity contribution is 0.290. The second-order valence-electron chi connectivity index (χ2n) is 5.52. The number of hydrogen-bond acceptors (Lipinski definition) is 4. The molecule has 0 spiro atoms. The summed E-state index contributed by atoms with van der Waals surface area (Å²) < 4.78 is 1.88. The number of aryl methyl sites for hydroxylation is 1. The first kappa shape index (κ1) is 13.5. The fourth-order valence-corrected chi connectivity index (χ4v) is 2.46. The monoisotopic (exact) mass is 259 g/mol. The van der Waals surface area contributed by atoms with Crippen LogP contribution in [0.4, 0.5) is 5.69 Å². The molecule has 0 amide bonds. The molecule has 102 valence electrons. The predicted octanol–water partition coefficient (Wildman–Crippen LogP) is 2.77. The van der Waals surface area contributed by atoms with E-state index in [-0.39, 0.29) is 5.54 Å². The Balaban J connectivity index is 2.57. The van der Waals surface area contributed by atoms with Crippen molar-refractivity contribution in [3.63, 3.8) is 0 Å². The number of benzene rings is 1. The van der Waals surface area contributed by atoms with Gasteiger partial charge in [0.25, 0.3) is 0 Å². The third kappa shape index (κ3) is 2.45. The van der Waals surface area contributed by atoms with Gasteiger partial charge in [0.15, 0.2) is 5.82 Å². The van der Waals surface area contributed by atoms with Crippen molar-refractivity contribution in [2.75, 3.05) is 5.73 Å². The molecule has 0 saturated carbocycles. The molecule has 2 aromatic rings. The normalized spacial score (nSPS) is 11.8. The van der Waals surface area contributed by atoms with Gasteiger partial charge < -0.3 is 5.73 Å². The van der Waals surface area contributed by atoms with Crippen LogP contribution in [0.5, 0.6) is 0 Å². The number of tetrazole rings is 1. The van der Waals surface area contributed by atoms with Gasteiger partial charge in [0.1, 0.15) is 0 Å². The average molecular weight is 259 g/mol. The molecule has 0 radical (unpaired) electrons. The van der Waals surface area contributed by atoms with Crippen LogP contribution in [0.1, 0.15) is 39.2 Å². The summed E-state index contributed by atoms with van der Waals surface area (Å²) in [6, 6.07) is 5.85. The molecule has 0 aliphatic carbocycles. The Labute approximate surface area is 113 Å². The van der Waals surface area contributed by atoms with Crippen LogP contribution in [-0.2, 0) is 5.54 Å². The van der Waals surface area contributed by atoms with Crippen LogP contribution >= 0.6 is 0 Å². The number of hydrogen-bond donors (Lipinski definition) is 1. The van der Waals surface area contributed by atoms with Crippen LogP contribution < -0.4 is 5.73 Å². The van der Waals surface area contributed by atoms with Gasteiger partial charge in [-0.2, -0.15) is 0 Å². The molecule has 1 heterocycles. The van der Waals surface area contributed by atoms with Gasteiger partial charge in [-0.15, -0.1) is 5.10 Å². The molecule has 19 heavy (non-hydrogen) atoms. The molecule has 5 nitrogen and oxygen atoms in total. The summed E-state index contributed by atoms with van der Waals surface area (Å²) in [6.45, 7) is 8.47. The van der Waals surface area contributed by atoms with E-state index in [1.54, 1.807) is 0 Å². The second kappa shape index (κ2) is 4.99. The van der Waals surface area contributed by atoms with Crippen molar-refractivity contribution in [1.29, 1.82) is 0 Å². The molecular weight excluding hydrogens is 238 g/mol. The van der Waals surface area contributed by atoms with Crippen molar-refractivity contribution in [2.24, 2.45) is 0 Å². The van der Waals surface area contributed by atoms with Crippen LogP contribution in [-0.4, -0.2) is 20.2 Å². The summed E-state index contributed by atoms with van der Waals surface area (Å²) in [5.41, 5.74) is 8.69. The van der Waals surface area contributed by atoms with Crippen LogP contribution in [0.2, 0.25) is 0 Å². The Morgan fingerprint density at radius 1 is 1.32 bits per heavy atom. The average Bonchev–Trinajstić information content (AvgIpc) is 2.78. The van der Waals surface area contributed by atoms with E-state index in [1.165, 1.54) is 0 Å². The predicted molar refractivity (Wildman–Crippen MR) is 76.6 cm³/mol. The summed E-state index contributed by atoms with van der Waals surface area (Å²) in [7, 11) is 0. The maximum Gasteiger partial charge on any atom is 0.184 e. The second-order valence-corrected chi connectivity index (χ2v) is 5.52. The minimum atomic E-state index is -0.123. The van der Waals surface area contributed by atoms with E-state index in [9.17, 15) is 0 Å². The quantitative estimate of drug-likeness (QED) is 0.857. The maximum atomic E-state index is 6.09. The lowest BCUT2D eigenvalue weighted by Gasteiger charge is -2.25. The molecular formula is C14H21N5. The molecule has 0 unspecified atom stereocenters. The number of nitrogens with zero attached hydrogens (tertiary/aromatic N) is 4. The molecule has 0 aliphatic rings. The van der Waals surface area contributed by atoms with Crippen molar-refractivity contribution in [3.05, 3.63) is 23.8 Å². The summed E-state index contributed by atoms with van der Waals surface area (Å²) in [5, 5.41) is 12.2. The van der Waals surface area contributed by atoms with Crippen molar-refractivity contribution in [3.8, 4) is 11.4 Å². The molecule has 2 N–H and O–H groups in total. The molecule has 2 rings (SSSR count). The molecule has 0 fully saturated rings. The fourth-order valence-electron chi connectivity index (χ4n) is 2.46. The highest BCUT2D eigenvalue weighted by Crippen LogP contribution is 2.31. The number of rotatable bonds is 4. The first-order valence-corrected chi connectivity index (χ1v) is 6.61. The van der Waals surface area contributed by atoms with Gasteiger partial charge in [0.05, 0.1) is 5.54 Å². The Morgan fingerprint density at radius 2 is 2.05 bits per heavy atom. The van der Waals surface area contributed by atoms with E-state index in [1.807, 2.05) is 29.8 Å². The molecule has 5 heteroatoms. The zero-order valence-electron chi connectivity index (χ0n) is 12.0. The third-order valence-electron chi connectivity index (χ3n) is 3.43. The minimum absolute atomic E-state index is 0.123. The molecule has 1 aromatic heterocycles. The first-order valence-electron chi connectivity index (χ1n) is 6.61. The van der Waals surface area contributed by atoms with Crippen LogP contribution in [0, 0.1) is 6.92 Å². The summed E-state index contributed by atoms with van der Waals surface area (Å²) >= 11 is 0. The van der Waals surface area contributed by atoms with E-state index >= 15 is 0 Å². The minimum Gasteiger partial charge on any atom is -0.398 e. The van der Waals surface area contributed by atoms with Gasteiger partial charge in [-0.05, 0) is 49.2 Å². The van der Waals surface area contributed by atoms with Gasteiger partial charge in [-0.1, -0.05) is 25.5 Å². The van der Waals surface area contributed by atoms with Gasteiger partial charge in [0, 0.05) is 11.3 Å². The summed E-state index contributed by atoms with van der Waals surface area (Å²) in [4.78, 5) is 0. The summed E-state index contributed by atoms with van der Waals surface area (Å²) in [5.74, 6) is 0.744. The summed E-state index contributed by atoms with van der Waals surface area (Å²) in [6.07, 6.45) is 2.09. The Bertz CT molecular complexity index is 551. The number of aromatic nitrogens is 4. The molecule has 0 saturated heterocycles. The third-order valence-corrected chi connectivity index (χ3v) is 3.43. The molecule has 1 aromatic carbocycles. The van der Waals surface area contributed by atoms with Gasteiger partial charge in [0.2, 0.25) is 0 Å². The van der Waals surface area contributed by atoms with Crippen molar-refractivity contribution in [2.45, 2.75) is 46.1 Å². The maximum absolute atomic E-state index is 6.09. The van der Waals surface area contributed by atoms with E-state index in [2.05, 4.69) is 36.3 Å². The Morgan fingerprint density at radius 3 is 2.68 bits per heavy atom. The lowest BCUT2D eigenvalue weighted by atomic mass is 9.98. The zero-order valence-corrected chi connectivity index (χ0v) is 12.0. The van der Waals surface area contributed by atoms with Crippen LogP contribution in [0.3, 0.4) is 0 Å². The highest BCUT2D eigenvalue weighted by molar-refractivity contribution is 5.74. The molecule has 0 aliphatic heterocycles. The highest BCUT2D eigenvalue weighted by atomic mass is 15.6. The number of nitrogens with two attached hydrogens (primary N) is 1. The van der Waals surface area contributed by atoms with E-state index in [0.29, 0.717) is 5.69 Å². The standard InChI is InChI=1S/C14H21N5/c1-5-9-14(3,4)19-13(16-17-18-19)12-10(2)7-6-8-11(12)15/h6-8H,5,9,15H2,1-4H3. The first-order chi connectivity index (χ1) is 8.97. The van der Waals surface area contributed by atoms with Gasteiger partial charge in [-0.25, -0.2) is 4.68 Å². The van der Waals surface area contributed by atoms with Crippen molar-refractivity contribution < 1.29 is 0 Å². The topological polar surface area (TPSA) is 69.6 Å². The van der Waals surface area contributed by atoms with Crippen molar-refractivity contribution in [1.82, 2.24) is 20.2 Å². The Hall–Kier alpha value is -1.91. The molecule has 0 bridgehead atoms. The van der Waals surface area contributed by atoms with Gasteiger partial charge >= 0.3 is 0 Å². The van der Waals surface area contributed by atoms with Crippen molar-refractivity contribution >= 4 is 5.69 Å². The van der Waals surface area contributed by atoms with Gasteiger partial charge in [-0.3, -0.25) is 0 Å². The SMILES string of the molecule is CCCC(C)(C)n1nnnc1-c1c(C)cccc1N. The molecule has 0 atom stereocenters. The van der Waals surface area contributed by atoms with E-state index < -0.39 is 0 Å². The number of anilines is 1. The highest BCUT2D eigenvalue weighted by Gasteiger charge is 2.26. The number of nitrogen functional groups attached to an aromatic ring is 1. The zero-order chi connectivity index (χ0) is 14.0.